The average Bonchev–Trinajstić information content (AvgIpc) is 2.81. The molecule has 0 bridgehead atoms. The van der Waals surface area contributed by atoms with Crippen molar-refractivity contribution in [3.8, 4) is 0 Å². The molecule has 36 heavy (non-hydrogen) atoms. The third kappa shape index (κ3) is 21.6. The van der Waals surface area contributed by atoms with Gasteiger partial charge in [-0.2, -0.15) is 0 Å². The van der Waals surface area contributed by atoms with Gasteiger partial charge in [-0.05, 0) is 18.8 Å². The van der Waals surface area contributed by atoms with Gasteiger partial charge in [0.2, 0.25) is 11.8 Å². The molecule has 0 aliphatic carbocycles. The number of hydrogen-bond acceptors (Lipinski definition) is 4. The second-order valence-electron chi connectivity index (χ2n) is 10.7. The Hall–Kier alpha value is -1.63. The van der Waals surface area contributed by atoms with Crippen molar-refractivity contribution in [3.05, 3.63) is 0 Å². The second-order valence-corrected chi connectivity index (χ2v) is 10.7. The second kappa shape index (κ2) is 23.7. The number of amides is 2. The fourth-order valence-electron chi connectivity index (χ4n) is 4.35. The van der Waals surface area contributed by atoms with Crippen molar-refractivity contribution in [3.63, 3.8) is 0 Å². The van der Waals surface area contributed by atoms with E-state index in [2.05, 4.69) is 17.6 Å². The number of carbonyl (C=O) groups is 3. The zero-order chi connectivity index (χ0) is 27.0. The van der Waals surface area contributed by atoms with Gasteiger partial charge in [0.1, 0.15) is 12.1 Å². The third-order valence-electron chi connectivity index (χ3n) is 6.44. The maximum absolute atomic E-state index is 12.5. The Kier molecular flexibility index (Phi) is 22.7. The van der Waals surface area contributed by atoms with Crippen LogP contribution < -0.4 is 10.6 Å². The Bertz CT molecular complexity index is 568. The highest BCUT2D eigenvalue weighted by Crippen LogP contribution is 2.13. The van der Waals surface area contributed by atoms with Crippen LogP contribution in [0.15, 0.2) is 0 Å². The number of hydrogen-bond donors (Lipinski definition) is 3. The third-order valence-corrected chi connectivity index (χ3v) is 6.44. The molecule has 7 nitrogen and oxygen atoms in total. The molecular formula is C29H56N2O5. The summed E-state index contributed by atoms with van der Waals surface area (Å²) in [6.07, 6.45) is 21.2. The minimum atomic E-state index is -1.08. The van der Waals surface area contributed by atoms with E-state index in [1.807, 2.05) is 13.8 Å². The van der Waals surface area contributed by atoms with Crippen LogP contribution in [0.5, 0.6) is 0 Å². The van der Waals surface area contributed by atoms with Crippen LogP contribution in [0.1, 0.15) is 137 Å². The van der Waals surface area contributed by atoms with E-state index in [1.165, 1.54) is 96.8 Å². The number of ether oxygens (including phenoxy) is 1. The van der Waals surface area contributed by atoms with Crippen molar-refractivity contribution >= 4 is 17.8 Å². The summed E-state index contributed by atoms with van der Waals surface area (Å²) in [5, 5.41) is 14.4. The quantitative estimate of drug-likeness (QED) is 0.123. The van der Waals surface area contributed by atoms with Crippen molar-refractivity contribution in [2.45, 2.75) is 149 Å². The van der Waals surface area contributed by atoms with Gasteiger partial charge in [-0.3, -0.25) is 9.59 Å². The van der Waals surface area contributed by atoms with Crippen LogP contribution in [0.4, 0.5) is 0 Å². The van der Waals surface area contributed by atoms with Crippen LogP contribution in [-0.2, 0) is 19.1 Å². The van der Waals surface area contributed by atoms with E-state index in [0.29, 0.717) is 13.0 Å². The predicted octanol–water partition coefficient (Wildman–Crippen LogP) is 6.38. The van der Waals surface area contributed by atoms with Gasteiger partial charge in [-0.25, -0.2) is 4.79 Å². The van der Waals surface area contributed by atoms with Crippen molar-refractivity contribution < 1.29 is 24.2 Å². The Morgan fingerprint density at radius 2 is 1.14 bits per heavy atom. The Morgan fingerprint density at radius 3 is 1.53 bits per heavy atom. The minimum Gasteiger partial charge on any atom is -0.480 e. The number of carboxylic acid groups (broad SMARTS) is 1. The number of nitrogens with one attached hydrogen (secondary N) is 2. The standard InChI is InChI=1S/C29H56N2O5/c1-5-6-7-8-9-10-11-12-13-14-15-16-17-18-19-20-21-36-23-27(30-25(4)32)28(33)31-26(29(34)35)22-24(2)3/h24,26-27H,5-23H2,1-4H3,(H,30,32)(H,31,33)(H,34,35). The van der Waals surface area contributed by atoms with Gasteiger partial charge in [0.15, 0.2) is 0 Å². The highest BCUT2D eigenvalue weighted by molar-refractivity contribution is 5.90. The molecular weight excluding hydrogens is 456 g/mol. The first kappa shape index (κ1) is 34.4. The average molecular weight is 513 g/mol. The number of rotatable bonds is 25. The molecule has 0 fully saturated rings. The zero-order valence-electron chi connectivity index (χ0n) is 23.7. The summed E-state index contributed by atoms with van der Waals surface area (Å²) in [6, 6.07) is -1.87. The SMILES string of the molecule is CCCCCCCCCCCCCCCCCCOCC(NC(C)=O)C(=O)NC(CC(C)C)C(=O)O. The van der Waals surface area contributed by atoms with E-state index in [-0.39, 0.29) is 18.4 Å². The summed E-state index contributed by atoms with van der Waals surface area (Å²) in [5.41, 5.74) is 0. The maximum atomic E-state index is 12.5. The van der Waals surface area contributed by atoms with E-state index in [9.17, 15) is 19.5 Å². The first-order valence-corrected chi connectivity index (χ1v) is 14.7. The molecule has 2 atom stereocenters. The van der Waals surface area contributed by atoms with Crippen LogP contribution in [0.2, 0.25) is 0 Å². The molecule has 3 N–H and O–H groups in total. The van der Waals surface area contributed by atoms with E-state index >= 15 is 0 Å². The predicted molar refractivity (Wildman–Crippen MR) is 147 cm³/mol. The lowest BCUT2D eigenvalue weighted by atomic mass is 10.0. The van der Waals surface area contributed by atoms with Crippen molar-refractivity contribution in [2.75, 3.05) is 13.2 Å². The van der Waals surface area contributed by atoms with Gasteiger partial charge < -0.3 is 20.5 Å². The summed E-state index contributed by atoms with van der Waals surface area (Å²) in [7, 11) is 0. The van der Waals surface area contributed by atoms with Gasteiger partial charge in [0, 0.05) is 13.5 Å². The van der Waals surface area contributed by atoms with Gasteiger partial charge in [-0.15, -0.1) is 0 Å². The summed E-state index contributed by atoms with van der Waals surface area (Å²) in [6.45, 7) is 7.96. The zero-order valence-corrected chi connectivity index (χ0v) is 23.7. The van der Waals surface area contributed by atoms with Crippen LogP contribution in [-0.4, -0.2) is 48.2 Å². The molecule has 0 saturated heterocycles. The lowest BCUT2D eigenvalue weighted by Gasteiger charge is -2.22. The van der Waals surface area contributed by atoms with Crippen LogP contribution in [0, 0.1) is 5.92 Å². The molecule has 0 rings (SSSR count). The molecule has 0 radical (unpaired) electrons. The molecule has 212 valence electrons. The van der Waals surface area contributed by atoms with E-state index in [0.717, 1.165) is 12.8 Å². The van der Waals surface area contributed by atoms with Gasteiger partial charge in [0.05, 0.1) is 6.61 Å². The first-order chi connectivity index (χ1) is 17.3. The molecule has 0 aliphatic heterocycles. The summed E-state index contributed by atoms with van der Waals surface area (Å²) >= 11 is 0. The Balaban J connectivity index is 3.81. The summed E-state index contributed by atoms with van der Waals surface area (Å²) in [4.78, 5) is 35.4. The van der Waals surface area contributed by atoms with Gasteiger partial charge >= 0.3 is 5.97 Å². The molecule has 0 saturated carbocycles. The molecule has 2 unspecified atom stereocenters. The van der Waals surface area contributed by atoms with Crippen molar-refractivity contribution in [2.24, 2.45) is 5.92 Å². The summed E-state index contributed by atoms with van der Waals surface area (Å²) < 4.78 is 5.64. The molecule has 7 heteroatoms. The molecule has 0 aromatic rings. The normalized spacial score (nSPS) is 12.9. The van der Waals surface area contributed by atoms with Crippen molar-refractivity contribution in [1.82, 2.24) is 10.6 Å². The highest BCUT2D eigenvalue weighted by atomic mass is 16.5. The van der Waals surface area contributed by atoms with Crippen LogP contribution in [0.25, 0.3) is 0 Å². The summed E-state index contributed by atoms with van der Waals surface area (Å²) in [5.74, 6) is -1.83. The minimum absolute atomic E-state index is 0.0399. The molecule has 2 amide bonds. The van der Waals surface area contributed by atoms with E-state index in [1.54, 1.807) is 0 Å². The fraction of sp³-hybridized carbons (Fsp3) is 0.897. The molecule has 0 spiro atoms. The topological polar surface area (TPSA) is 105 Å². The molecule has 0 aromatic heterocycles. The number of unbranched alkanes of at least 4 members (excludes halogenated alkanes) is 15. The van der Waals surface area contributed by atoms with E-state index < -0.39 is 24.0 Å². The largest absolute Gasteiger partial charge is 0.480 e. The van der Waals surface area contributed by atoms with Crippen LogP contribution >= 0.6 is 0 Å². The first-order valence-electron chi connectivity index (χ1n) is 14.7. The van der Waals surface area contributed by atoms with Crippen LogP contribution in [0.3, 0.4) is 0 Å². The molecule has 0 aromatic carbocycles. The smallest absolute Gasteiger partial charge is 0.326 e. The van der Waals surface area contributed by atoms with Gasteiger partial charge in [0.25, 0.3) is 0 Å². The molecule has 0 aliphatic rings. The Labute approximate surface area is 220 Å². The van der Waals surface area contributed by atoms with Crippen molar-refractivity contribution in [1.29, 1.82) is 0 Å². The maximum Gasteiger partial charge on any atom is 0.326 e. The van der Waals surface area contributed by atoms with E-state index in [4.69, 9.17) is 4.74 Å². The monoisotopic (exact) mass is 512 g/mol. The lowest BCUT2D eigenvalue weighted by molar-refractivity contribution is -0.143. The number of carbonyl (C=O) groups excluding carboxylic acids is 2. The number of carboxylic acids is 1. The Morgan fingerprint density at radius 1 is 0.694 bits per heavy atom. The highest BCUT2D eigenvalue weighted by Gasteiger charge is 2.26. The van der Waals surface area contributed by atoms with Gasteiger partial charge in [-0.1, -0.05) is 117 Å². The molecule has 0 heterocycles. The fourth-order valence-corrected chi connectivity index (χ4v) is 4.35. The lowest BCUT2D eigenvalue weighted by Crippen LogP contribution is -2.53. The number of aliphatic carboxylic acids is 1.